The first-order valence-electron chi connectivity index (χ1n) is 7.13. The smallest absolute Gasteiger partial charge is 0.269 e. The second kappa shape index (κ2) is 5.24. The molecule has 1 aromatic heterocycles. The van der Waals surface area contributed by atoms with E-state index < -0.39 is 0 Å². The SMILES string of the molecule is Cc1c(N2Cc3cccc(OC(C)C)c3C2)cn[nH]c1=O. The quantitative estimate of drug-likeness (QED) is 0.940. The topological polar surface area (TPSA) is 58.2 Å². The van der Waals surface area contributed by atoms with Gasteiger partial charge in [0.25, 0.3) is 5.56 Å². The van der Waals surface area contributed by atoms with Gasteiger partial charge in [-0.3, -0.25) is 4.79 Å². The maximum absolute atomic E-state index is 11.7. The van der Waals surface area contributed by atoms with E-state index in [1.54, 1.807) is 6.20 Å². The average Bonchev–Trinajstić information content (AvgIpc) is 2.86. The molecule has 1 aliphatic rings. The number of ether oxygens (including phenoxy) is 1. The van der Waals surface area contributed by atoms with E-state index in [-0.39, 0.29) is 11.7 Å². The van der Waals surface area contributed by atoms with Gasteiger partial charge in [-0.1, -0.05) is 12.1 Å². The van der Waals surface area contributed by atoms with Crippen LogP contribution in [0.2, 0.25) is 0 Å². The standard InChI is InChI=1S/C16H19N3O2/c1-10(2)21-15-6-4-5-12-8-19(9-13(12)15)14-7-17-18-16(20)11(14)3/h4-7,10H,8-9H2,1-3H3,(H,18,20). The fourth-order valence-electron chi connectivity index (χ4n) is 2.69. The van der Waals surface area contributed by atoms with Crippen molar-refractivity contribution in [2.75, 3.05) is 4.90 Å². The summed E-state index contributed by atoms with van der Waals surface area (Å²) < 4.78 is 5.89. The zero-order valence-corrected chi connectivity index (χ0v) is 12.5. The van der Waals surface area contributed by atoms with E-state index in [1.165, 1.54) is 11.1 Å². The number of rotatable bonds is 3. The molecule has 0 atom stereocenters. The number of fused-ring (bicyclic) bond motifs is 1. The molecule has 3 rings (SSSR count). The van der Waals surface area contributed by atoms with Gasteiger partial charge in [-0.25, -0.2) is 5.10 Å². The third kappa shape index (κ3) is 2.51. The fraction of sp³-hybridized carbons (Fsp3) is 0.375. The van der Waals surface area contributed by atoms with Gasteiger partial charge in [-0.05, 0) is 32.4 Å². The lowest BCUT2D eigenvalue weighted by Crippen LogP contribution is -2.21. The summed E-state index contributed by atoms with van der Waals surface area (Å²) in [6.45, 7) is 7.39. The zero-order valence-electron chi connectivity index (χ0n) is 12.5. The Labute approximate surface area is 123 Å². The van der Waals surface area contributed by atoms with Crippen LogP contribution in [-0.2, 0) is 13.1 Å². The lowest BCUT2D eigenvalue weighted by molar-refractivity contribution is 0.240. The van der Waals surface area contributed by atoms with E-state index in [2.05, 4.69) is 21.2 Å². The predicted octanol–water partition coefficient (Wildman–Crippen LogP) is 2.39. The number of hydrogen-bond donors (Lipinski definition) is 1. The minimum atomic E-state index is -0.137. The van der Waals surface area contributed by atoms with Gasteiger partial charge >= 0.3 is 0 Å². The Morgan fingerprint density at radius 1 is 1.33 bits per heavy atom. The van der Waals surface area contributed by atoms with Crippen molar-refractivity contribution in [3.8, 4) is 5.75 Å². The molecule has 0 saturated heterocycles. The first kappa shape index (κ1) is 13.7. The Morgan fingerprint density at radius 2 is 2.14 bits per heavy atom. The predicted molar refractivity (Wildman–Crippen MR) is 81.7 cm³/mol. The molecular weight excluding hydrogens is 266 g/mol. The van der Waals surface area contributed by atoms with Crippen molar-refractivity contribution in [3.05, 3.63) is 51.4 Å². The number of nitrogens with one attached hydrogen (secondary N) is 1. The van der Waals surface area contributed by atoms with Crippen molar-refractivity contribution in [2.45, 2.75) is 40.0 Å². The molecule has 0 spiro atoms. The lowest BCUT2D eigenvalue weighted by Gasteiger charge is -2.19. The molecule has 0 fully saturated rings. The average molecular weight is 285 g/mol. The van der Waals surface area contributed by atoms with Gasteiger partial charge in [0.05, 0.1) is 18.0 Å². The fourth-order valence-corrected chi connectivity index (χ4v) is 2.69. The molecule has 1 aromatic carbocycles. The molecule has 2 aromatic rings. The van der Waals surface area contributed by atoms with Crippen molar-refractivity contribution < 1.29 is 4.74 Å². The highest BCUT2D eigenvalue weighted by molar-refractivity contribution is 5.57. The number of H-pyrrole nitrogens is 1. The van der Waals surface area contributed by atoms with Crippen LogP contribution in [0.15, 0.2) is 29.2 Å². The van der Waals surface area contributed by atoms with Gasteiger partial charge in [0.1, 0.15) is 5.75 Å². The normalized spacial score (nSPS) is 13.6. The first-order valence-corrected chi connectivity index (χ1v) is 7.13. The summed E-state index contributed by atoms with van der Waals surface area (Å²) in [6, 6.07) is 6.13. The largest absolute Gasteiger partial charge is 0.491 e. The molecule has 0 aliphatic carbocycles. The number of hydrogen-bond acceptors (Lipinski definition) is 4. The molecule has 1 N–H and O–H groups in total. The van der Waals surface area contributed by atoms with Crippen LogP contribution < -0.4 is 15.2 Å². The van der Waals surface area contributed by atoms with Crippen LogP contribution in [0.5, 0.6) is 5.75 Å². The highest BCUT2D eigenvalue weighted by Gasteiger charge is 2.24. The van der Waals surface area contributed by atoms with E-state index in [4.69, 9.17) is 4.74 Å². The van der Waals surface area contributed by atoms with Crippen LogP contribution in [0.3, 0.4) is 0 Å². The molecule has 21 heavy (non-hydrogen) atoms. The van der Waals surface area contributed by atoms with Crippen LogP contribution in [0.25, 0.3) is 0 Å². The van der Waals surface area contributed by atoms with E-state index in [9.17, 15) is 4.79 Å². The molecule has 5 nitrogen and oxygen atoms in total. The number of aromatic amines is 1. The maximum Gasteiger partial charge on any atom is 0.269 e. The van der Waals surface area contributed by atoms with Crippen LogP contribution in [0.4, 0.5) is 5.69 Å². The third-order valence-corrected chi connectivity index (χ3v) is 3.72. The second-order valence-corrected chi connectivity index (χ2v) is 5.63. The number of anilines is 1. The highest BCUT2D eigenvalue weighted by atomic mass is 16.5. The van der Waals surface area contributed by atoms with Gasteiger partial charge in [0, 0.05) is 24.2 Å². The molecule has 0 amide bonds. The molecule has 110 valence electrons. The summed E-state index contributed by atoms with van der Waals surface area (Å²) in [6.07, 6.45) is 1.86. The van der Waals surface area contributed by atoms with Crippen molar-refractivity contribution in [2.24, 2.45) is 0 Å². The van der Waals surface area contributed by atoms with Gasteiger partial charge in [0.15, 0.2) is 0 Å². The van der Waals surface area contributed by atoms with E-state index >= 15 is 0 Å². The molecule has 0 radical (unpaired) electrons. The Bertz CT molecular complexity index is 722. The lowest BCUT2D eigenvalue weighted by atomic mass is 10.1. The van der Waals surface area contributed by atoms with Crippen molar-refractivity contribution >= 4 is 5.69 Å². The van der Waals surface area contributed by atoms with Gasteiger partial charge in [0.2, 0.25) is 0 Å². The van der Waals surface area contributed by atoms with Crippen molar-refractivity contribution in [1.82, 2.24) is 10.2 Å². The molecule has 0 unspecified atom stereocenters. The van der Waals surface area contributed by atoms with Crippen LogP contribution in [-0.4, -0.2) is 16.3 Å². The van der Waals surface area contributed by atoms with Gasteiger partial charge < -0.3 is 9.64 Å². The number of aromatic nitrogens is 2. The number of benzene rings is 1. The summed E-state index contributed by atoms with van der Waals surface area (Å²) in [5, 5.41) is 6.38. The monoisotopic (exact) mass is 285 g/mol. The summed E-state index contributed by atoms with van der Waals surface area (Å²) >= 11 is 0. The van der Waals surface area contributed by atoms with Crippen molar-refractivity contribution in [1.29, 1.82) is 0 Å². The zero-order chi connectivity index (χ0) is 15.0. The van der Waals surface area contributed by atoms with Crippen molar-refractivity contribution in [3.63, 3.8) is 0 Å². The molecule has 1 aliphatic heterocycles. The summed E-state index contributed by atoms with van der Waals surface area (Å²) in [7, 11) is 0. The van der Waals surface area contributed by atoms with Crippen LogP contribution in [0.1, 0.15) is 30.5 Å². The first-order chi connectivity index (χ1) is 10.1. The van der Waals surface area contributed by atoms with Crippen LogP contribution >= 0.6 is 0 Å². The molecule has 0 saturated carbocycles. The second-order valence-electron chi connectivity index (χ2n) is 5.63. The molecular formula is C16H19N3O2. The van der Waals surface area contributed by atoms with Gasteiger partial charge in [-0.15, -0.1) is 0 Å². The Balaban J connectivity index is 1.94. The minimum absolute atomic E-state index is 0.137. The van der Waals surface area contributed by atoms with Gasteiger partial charge in [-0.2, -0.15) is 5.10 Å². The minimum Gasteiger partial charge on any atom is -0.491 e. The summed E-state index contributed by atoms with van der Waals surface area (Å²) in [5.41, 5.74) is 3.88. The summed E-state index contributed by atoms with van der Waals surface area (Å²) in [4.78, 5) is 13.9. The summed E-state index contributed by atoms with van der Waals surface area (Å²) in [5.74, 6) is 0.931. The molecule has 0 bridgehead atoms. The van der Waals surface area contributed by atoms with Crippen LogP contribution in [0, 0.1) is 6.92 Å². The highest BCUT2D eigenvalue weighted by Crippen LogP contribution is 2.34. The molecule has 2 heterocycles. The van der Waals surface area contributed by atoms with E-state index in [0.717, 1.165) is 24.5 Å². The van der Waals surface area contributed by atoms with E-state index in [1.807, 2.05) is 32.9 Å². The maximum atomic E-state index is 11.7. The Hall–Kier alpha value is -2.30. The number of nitrogens with zero attached hydrogens (tertiary/aromatic N) is 2. The van der Waals surface area contributed by atoms with E-state index in [0.29, 0.717) is 5.56 Å². The molecule has 5 heteroatoms. The Morgan fingerprint density at radius 3 is 2.90 bits per heavy atom. The Kier molecular flexibility index (Phi) is 3.41. The third-order valence-electron chi connectivity index (χ3n) is 3.72.